The van der Waals surface area contributed by atoms with E-state index in [4.69, 9.17) is 4.42 Å². The molecule has 3 nitrogen and oxygen atoms in total. The number of thioether (sulfide) groups is 1. The van der Waals surface area contributed by atoms with Gasteiger partial charge in [-0.1, -0.05) is 60.7 Å². The van der Waals surface area contributed by atoms with Gasteiger partial charge in [-0.25, -0.2) is 0 Å². The predicted octanol–water partition coefficient (Wildman–Crippen LogP) is 5.70. The Morgan fingerprint density at radius 2 is 1.24 bits per heavy atom. The van der Waals surface area contributed by atoms with Gasteiger partial charge in [-0.05, 0) is 35.4 Å². The van der Waals surface area contributed by atoms with E-state index in [-0.39, 0.29) is 0 Å². The lowest BCUT2D eigenvalue weighted by Crippen LogP contribution is -1.81. The van der Waals surface area contributed by atoms with Gasteiger partial charge in [-0.15, -0.1) is 22.0 Å². The van der Waals surface area contributed by atoms with Crippen molar-refractivity contribution in [1.29, 1.82) is 0 Å². The Kier molecular flexibility index (Phi) is 4.61. The second-order valence-corrected chi connectivity index (χ2v) is 6.59. The monoisotopic (exact) mass is 344 g/mol. The molecule has 0 amide bonds. The molecular weight excluding hydrogens is 328 g/mol. The van der Waals surface area contributed by atoms with Crippen molar-refractivity contribution >= 4 is 11.8 Å². The predicted molar refractivity (Wildman–Crippen MR) is 101 cm³/mol. The molecule has 0 aliphatic carbocycles. The summed E-state index contributed by atoms with van der Waals surface area (Å²) in [6, 6.07) is 28.7. The average Bonchev–Trinajstić information content (AvgIpc) is 3.17. The maximum Gasteiger partial charge on any atom is 0.247 e. The lowest BCUT2D eigenvalue weighted by atomic mass is 10.1. The summed E-state index contributed by atoms with van der Waals surface area (Å²) in [7, 11) is 0. The van der Waals surface area contributed by atoms with E-state index in [0.29, 0.717) is 17.5 Å². The second-order valence-electron chi connectivity index (χ2n) is 5.55. The number of hydrogen-bond acceptors (Lipinski definition) is 4. The molecule has 0 spiro atoms. The lowest BCUT2D eigenvalue weighted by molar-refractivity contribution is 0.528. The SMILES string of the molecule is c1ccc(-c2ccc(SCc3nnc(-c4ccccc4)o3)cc2)cc1. The fraction of sp³-hybridized carbons (Fsp3) is 0.0476. The van der Waals surface area contributed by atoms with Gasteiger partial charge in [0, 0.05) is 10.5 Å². The first-order chi connectivity index (χ1) is 12.4. The van der Waals surface area contributed by atoms with Crippen LogP contribution in [0, 0.1) is 0 Å². The van der Waals surface area contributed by atoms with Gasteiger partial charge in [-0.2, -0.15) is 0 Å². The zero-order chi connectivity index (χ0) is 16.9. The highest BCUT2D eigenvalue weighted by Gasteiger charge is 2.08. The van der Waals surface area contributed by atoms with Crippen LogP contribution >= 0.6 is 11.8 Å². The third-order valence-electron chi connectivity index (χ3n) is 3.81. The molecule has 0 unspecified atom stereocenters. The van der Waals surface area contributed by atoms with Gasteiger partial charge in [0.1, 0.15) is 0 Å². The maximum atomic E-state index is 5.74. The summed E-state index contributed by atoms with van der Waals surface area (Å²) in [6.07, 6.45) is 0. The van der Waals surface area contributed by atoms with E-state index >= 15 is 0 Å². The summed E-state index contributed by atoms with van der Waals surface area (Å²) in [5.41, 5.74) is 3.39. The van der Waals surface area contributed by atoms with Crippen molar-refractivity contribution < 1.29 is 4.42 Å². The minimum absolute atomic E-state index is 0.565. The molecule has 0 fully saturated rings. The Morgan fingerprint density at radius 3 is 1.92 bits per heavy atom. The van der Waals surface area contributed by atoms with Crippen LogP contribution in [0.1, 0.15) is 5.89 Å². The van der Waals surface area contributed by atoms with E-state index in [9.17, 15) is 0 Å². The summed E-state index contributed by atoms with van der Waals surface area (Å²) in [5.74, 6) is 1.86. The maximum absolute atomic E-state index is 5.74. The summed E-state index contributed by atoms with van der Waals surface area (Å²) < 4.78 is 5.74. The van der Waals surface area contributed by atoms with Crippen molar-refractivity contribution in [2.24, 2.45) is 0 Å². The van der Waals surface area contributed by atoms with Gasteiger partial charge >= 0.3 is 0 Å². The fourth-order valence-corrected chi connectivity index (χ4v) is 3.26. The molecule has 0 atom stereocenters. The van der Waals surface area contributed by atoms with Gasteiger partial charge in [-0.3, -0.25) is 0 Å². The molecular formula is C21H16N2OS. The van der Waals surface area contributed by atoms with Crippen LogP contribution in [-0.2, 0) is 5.75 Å². The van der Waals surface area contributed by atoms with Crippen LogP contribution in [0.25, 0.3) is 22.6 Å². The first kappa shape index (κ1) is 15.7. The number of rotatable bonds is 5. The summed E-state index contributed by atoms with van der Waals surface area (Å²) in [5, 5.41) is 8.26. The van der Waals surface area contributed by atoms with E-state index in [1.165, 1.54) is 16.0 Å². The first-order valence-electron chi connectivity index (χ1n) is 8.04. The van der Waals surface area contributed by atoms with Crippen LogP contribution in [0.3, 0.4) is 0 Å². The van der Waals surface area contributed by atoms with Gasteiger partial charge in [0.15, 0.2) is 0 Å². The van der Waals surface area contributed by atoms with Crippen molar-refractivity contribution in [1.82, 2.24) is 10.2 Å². The Hall–Kier alpha value is -2.85. The van der Waals surface area contributed by atoms with Crippen LogP contribution in [0.15, 0.2) is 94.2 Å². The van der Waals surface area contributed by atoms with Crippen molar-refractivity contribution in [2.75, 3.05) is 0 Å². The normalized spacial score (nSPS) is 10.7. The molecule has 1 aromatic heterocycles. The molecule has 4 aromatic rings. The summed E-state index contributed by atoms with van der Waals surface area (Å²) in [4.78, 5) is 1.18. The number of aromatic nitrogens is 2. The van der Waals surface area contributed by atoms with Crippen LogP contribution in [-0.4, -0.2) is 10.2 Å². The zero-order valence-electron chi connectivity index (χ0n) is 13.5. The second kappa shape index (κ2) is 7.36. The third-order valence-corrected chi connectivity index (χ3v) is 4.81. The van der Waals surface area contributed by atoms with Crippen LogP contribution in [0.4, 0.5) is 0 Å². The lowest BCUT2D eigenvalue weighted by Gasteiger charge is -2.03. The standard InChI is InChI=1S/C21H16N2OS/c1-3-7-16(8-4-1)17-11-13-19(14-12-17)25-15-20-22-23-21(24-20)18-9-5-2-6-10-18/h1-14H,15H2. The van der Waals surface area contributed by atoms with Crippen LogP contribution in [0.2, 0.25) is 0 Å². The van der Waals surface area contributed by atoms with E-state index in [2.05, 4.69) is 58.7 Å². The highest BCUT2D eigenvalue weighted by atomic mass is 32.2. The zero-order valence-corrected chi connectivity index (χ0v) is 14.3. The fourth-order valence-electron chi connectivity index (χ4n) is 2.53. The molecule has 1 heterocycles. The Balaban J connectivity index is 1.41. The van der Waals surface area contributed by atoms with Crippen molar-refractivity contribution in [3.63, 3.8) is 0 Å². The van der Waals surface area contributed by atoms with Gasteiger partial charge in [0.2, 0.25) is 11.8 Å². The molecule has 0 radical (unpaired) electrons. The number of benzene rings is 3. The van der Waals surface area contributed by atoms with Gasteiger partial charge in [0.05, 0.1) is 5.75 Å². The van der Waals surface area contributed by atoms with Crippen molar-refractivity contribution in [3.05, 3.63) is 90.8 Å². The van der Waals surface area contributed by atoms with E-state index in [1.807, 2.05) is 36.4 Å². The van der Waals surface area contributed by atoms with Gasteiger partial charge in [0.25, 0.3) is 0 Å². The Morgan fingerprint density at radius 1 is 0.640 bits per heavy atom. The van der Waals surface area contributed by atoms with Gasteiger partial charge < -0.3 is 4.42 Å². The molecule has 0 bridgehead atoms. The number of nitrogens with zero attached hydrogens (tertiary/aromatic N) is 2. The summed E-state index contributed by atoms with van der Waals surface area (Å²) >= 11 is 1.69. The molecule has 25 heavy (non-hydrogen) atoms. The number of hydrogen-bond donors (Lipinski definition) is 0. The van der Waals surface area contributed by atoms with E-state index in [1.54, 1.807) is 11.8 Å². The minimum atomic E-state index is 0.565. The molecule has 4 rings (SSSR count). The molecule has 0 saturated carbocycles. The Bertz CT molecular complexity index is 935. The molecule has 3 aromatic carbocycles. The summed E-state index contributed by atoms with van der Waals surface area (Å²) in [6.45, 7) is 0. The molecule has 0 aliphatic heterocycles. The molecule has 4 heteroatoms. The van der Waals surface area contributed by atoms with Crippen LogP contribution < -0.4 is 0 Å². The van der Waals surface area contributed by atoms with Crippen molar-refractivity contribution in [2.45, 2.75) is 10.6 Å². The molecule has 0 aliphatic rings. The highest BCUT2D eigenvalue weighted by Crippen LogP contribution is 2.27. The minimum Gasteiger partial charge on any atom is -0.420 e. The third kappa shape index (κ3) is 3.80. The quantitative estimate of drug-likeness (QED) is 0.436. The molecule has 122 valence electrons. The van der Waals surface area contributed by atoms with Crippen molar-refractivity contribution in [3.8, 4) is 22.6 Å². The Labute approximate surface area is 150 Å². The average molecular weight is 344 g/mol. The molecule has 0 N–H and O–H groups in total. The van der Waals surface area contributed by atoms with E-state index in [0.717, 1.165) is 5.56 Å². The largest absolute Gasteiger partial charge is 0.420 e. The highest BCUT2D eigenvalue weighted by molar-refractivity contribution is 7.98. The smallest absolute Gasteiger partial charge is 0.247 e. The molecule has 0 saturated heterocycles. The van der Waals surface area contributed by atoms with E-state index < -0.39 is 0 Å². The first-order valence-corrected chi connectivity index (χ1v) is 9.03. The topological polar surface area (TPSA) is 38.9 Å². The van der Waals surface area contributed by atoms with Crippen LogP contribution in [0.5, 0.6) is 0 Å².